The van der Waals surface area contributed by atoms with Crippen LogP contribution in [-0.4, -0.2) is 18.8 Å². The number of amides is 1. The highest BCUT2D eigenvalue weighted by atomic mass is 16.6. The first-order valence-corrected chi connectivity index (χ1v) is 7.57. The van der Waals surface area contributed by atoms with E-state index in [-0.39, 0.29) is 0 Å². The van der Waals surface area contributed by atoms with Crippen LogP contribution in [0.15, 0.2) is 46.9 Å². The van der Waals surface area contributed by atoms with Gasteiger partial charge < -0.3 is 19.2 Å². The number of hydrogen-bond donors (Lipinski definition) is 1. The van der Waals surface area contributed by atoms with Gasteiger partial charge >= 0.3 is 6.09 Å². The number of hydrogen-bond acceptors (Lipinski definition) is 4. The monoisotopic (exact) mass is 327 g/mol. The van der Waals surface area contributed by atoms with Gasteiger partial charge in [0.2, 0.25) is 0 Å². The summed E-state index contributed by atoms with van der Waals surface area (Å²) in [7, 11) is 1.51. The Morgan fingerprint density at radius 1 is 1.17 bits per heavy atom. The Hall–Kier alpha value is -2.87. The van der Waals surface area contributed by atoms with Gasteiger partial charge in [0, 0.05) is 11.6 Å². The minimum atomic E-state index is -0.649. The number of carbonyl (C=O) groups is 1. The highest BCUT2D eigenvalue weighted by Crippen LogP contribution is 2.22. The van der Waals surface area contributed by atoms with Gasteiger partial charge in [-0.2, -0.15) is 0 Å². The number of carbonyl (C=O) groups excluding carboxylic acids is 1. The van der Waals surface area contributed by atoms with Crippen LogP contribution >= 0.6 is 0 Å². The molecular weight excluding hydrogens is 306 g/mol. The molecule has 1 N–H and O–H groups in total. The molecule has 5 nitrogen and oxygen atoms in total. The topological polar surface area (TPSA) is 60.7 Å². The summed E-state index contributed by atoms with van der Waals surface area (Å²) < 4.78 is 15.8. The summed E-state index contributed by atoms with van der Waals surface area (Å²) in [6.07, 6.45) is -0.565. The average molecular weight is 327 g/mol. The van der Waals surface area contributed by atoms with E-state index >= 15 is 0 Å². The van der Waals surface area contributed by atoms with Crippen molar-refractivity contribution in [3.8, 4) is 17.8 Å². The summed E-state index contributed by atoms with van der Waals surface area (Å²) in [6, 6.07) is 12.2. The lowest BCUT2D eigenvalue weighted by atomic mass is 10.2. The van der Waals surface area contributed by atoms with Crippen molar-refractivity contribution in [2.75, 3.05) is 7.11 Å². The van der Waals surface area contributed by atoms with Crippen molar-refractivity contribution in [1.82, 2.24) is 5.32 Å². The first-order chi connectivity index (χ1) is 11.4. The number of benzene rings is 1. The Morgan fingerprint density at radius 3 is 2.46 bits per heavy atom. The summed E-state index contributed by atoms with van der Waals surface area (Å²) in [5.74, 6) is 6.84. The third kappa shape index (κ3) is 5.40. The van der Waals surface area contributed by atoms with Gasteiger partial charge in [0.15, 0.2) is 6.04 Å². The zero-order valence-electron chi connectivity index (χ0n) is 14.3. The Balaban J connectivity index is 2.21. The van der Waals surface area contributed by atoms with Crippen molar-refractivity contribution in [1.29, 1.82) is 0 Å². The van der Waals surface area contributed by atoms with Gasteiger partial charge in [-0.05, 0) is 39.0 Å². The van der Waals surface area contributed by atoms with Gasteiger partial charge in [-0.1, -0.05) is 30.0 Å². The molecule has 0 unspecified atom stereocenters. The molecule has 0 aliphatic heterocycles. The second kappa shape index (κ2) is 7.60. The molecule has 2 rings (SSSR count). The Bertz CT molecular complexity index is 732. The maximum absolute atomic E-state index is 12.1. The Kier molecular flexibility index (Phi) is 5.54. The van der Waals surface area contributed by atoms with Crippen LogP contribution in [0.1, 0.15) is 38.1 Å². The van der Waals surface area contributed by atoms with E-state index in [4.69, 9.17) is 13.9 Å². The number of nitrogens with one attached hydrogen (secondary N) is 1. The maximum atomic E-state index is 12.1. The molecule has 0 saturated carbocycles. The van der Waals surface area contributed by atoms with E-state index < -0.39 is 17.7 Å². The quantitative estimate of drug-likeness (QED) is 0.868. The molecule has 0 radical (unpaired) electrons. The van der Waals surface area contributed by atoms with Crippen molar-refractivity contribution in [3.63, 3.8) is 0 Å². The zero-order chi connectivity index (χ0) is 17.6. The summed E-state index contributed by atoms with van der Waals surface area (Å²) in [5.41, 5.74) is 0.245. The smallest absolute Gasteiger partial charge is 0.409 e. The van der Waals surface area contributed by atoms with Crippen LogP contribution in [0.2, 0.25) is 0 Å². The van der Waals surface area contributed by atoms with E-state index in [1.807, 2.05) is 30.3 Å². The minimum Gasteiger partial charge on any atom is -0.468 e. The molecule has 0 aliphatic rings. The summed E-state index contributed by atoms with van der Waals surface area (Å²) in [5, 5.41) is 2.71. The van der Waals surface area contributed by atoms with E-state index in [1.54, 1.807) is 32.9 Å². The van der Waals surface area contributed by atoms with Gasteiger partial charge in [0.05, 0.1) is 7.11 Å². The Morgan fingerprint density at radius 2 is 1.88 bits per heavy atom. The second-order valence-corrected chi connectivity index (χ2v) is 6.08. The molecule has 1 heterocycles. The molecule has 0 bridgehead atoms. The molecule has 2 aromatic rings. The number of alkyl carbamates (subject to hydrolysis) is 1. The largest absolute Gasteiger partial charge is 0.468 e. The predicted octanol–water partition coefficient (Wildman–Crippen LogP) is 3.91. The lowest BCUT2D eigenvalue weighted by molar-refractivity contribution is 0.0510. The van der Waals surface area contributed by atoms with Crippen molar-refractivity contribution in [2.24, 2.45) is 0 Å². The summed E-state index contributed by atoms with van der Waals surface area (Å²) in [6.45, 7) is 5.40. The van der Waals surface area contributed by atoms with Gasteiger partial charge in [0.1, 0.15) is 11.4 Å². The molecule has 1 atom stereocenters. The molecule has 1 amide bonds. The SMILES string of the molecule is COc1ccc([C@H](C#Cc2ccccc2)NC(=O)OC(C)(C)C)o1. The number of rotatable bonds is 3. The standard InChI is InChI=1S/C19H21NO4/c1-19(2,3)24-18(21)20-15(16-12-13-17(22-4)23-16)11-10-14-8-6-5-7-9-14/h5-9,12-13,15H,1-4H3,(H,20,21)/t15-/m0/s1. The molecule has 0 fully saturated rings. The first-order valence-electron chi connectivity index (χ1n) is 7.57. The van der Waals surface area contributed by atoms with Gasteiger partial charge in [-0.15, -0.1) is 0 Å². The number of methoxy groups -OCH3 is 1. The van der Waals surface area contributed by atoms with Crippen molar-refractivity contribution < 1.29 is 18.7 Å². The van der Waals surface area contributed by atoms with E-state index in [2.05, 4.69) is 17.2 Å². The molecule has 1 aromatic heterocycles. The molecule has 5 heteroatoms. The van der Waals surface area contributed by atoms with Crippen LogP contribution in [0, 0.1) is 11.8 Å². The molecular formula is C19H21NO4. The summed E-state index contributed by atoms with van der Waals surface area (Å²) >= 11 is 0. The normalized spacial score (nSPS) is 11.8. The number of ether oxygens (including phenoxy) is 2. The molecule has 126 valence electrons. The summed E-state index contributed by atoms with van der Waals surface area (Å²) in [4.78, 5) is 12.1. The van der Waals surface area contributed by atoms with Gasteiger partial charge in [-0.25, -0.2) is 4.79 Å². The van der Waals surface area contributed by atoms with Crippen molar-refractivity contribution in [2.45, 2.75) is 32.4 Å². The van der Waals surface area contributed by atoms with E-state index in [0.29, 0.717) is 11.7 Å². The first kappa shape index (κ1) is 17.5. The molecule has 1 aromatic carbocycles. The second-order valence-electron chi connectivity index (χ2n) is 6.08. The van der Waals surface area contributed by atoms with Crippen LogP contribution in [0.5, 0.6) is 5.95 Å². The average Bonchev–Trinajstić information content (AvgIpc) is 2.99. The van der Waals surface area contributed by atoms with Crippen molar-refractivity contribution >= 4 is 6.09 Å². The molecule has 24 heavy (non-hydrogen) atoms. The van der Waals surface area contributed by atoms with Crippen LogP contribution in [0.3, 0.4) is 0 Å². The third-order valence-electron chi connectivity index (χ3n) is 2.88. The fourth-order valence-electron chi connectivity index (χ4n) is 1.88. The highest BCUT2D eigenvalue weighted by molar-refractivity contribution is 5.69. The fraction of sp³-hybridized carbons (Fsp3) is 0.316. The van der Waals surface area contributed by atoms with Crippen LogP contribution in [0.4, 0.5) is 4.79 Å². The van der Waals surface area contributed by atoms with Crippen LogP contribution in [0.25, 0.3) is 0 Å². The van der Waals surface area contributed by atoms with Crippen LogP contribution in [-0.2, 0) is 4.74 Å². The predicted molar refractivity (Wildman–Crippen MR) is 90.7 cm³/mol. The van der Waals surface area contributed by atoms with E-state index in [1.165, 1.54) is 7.11 Å². The van der Waals surface area contributed by atoms with Gasteiger partial charge in [-0.3, -0.25) is 0 Å². The highest BCUT2D eigenvalue weighted by Gasteiger charge is 2.21. The van der Waals surface area contributed by atoms with Crippen LogP contribution < -0.4 is 10.1 Å². The maximum Gasteiger partial charge on any atom is 0.409 e. The number of furan rings is 1. The fourth-order valence-corrected chi connectivity index (χ4v) is 1.88. The molecule has 0 spiro atoms. The lowest BCUT2D eigenvalue weighted by Gasteiger charge is -2.21. The third-order valence-corrected chi connectivity index (χ3v) is 2.88. The minimum absolute atomic E-state index is 0.350. The van der Waals surface area contributed by atoms with Gasteiger partial charge in [0.25, 0.3) is 5.95 Å². The molecule has 0 saturated heterocycles. The zero-order valence-corrected chi connectivity index (χ0v) is 14.3. The molecule has 0 aliphatic carbocycles. The Labute approximate surface area is 142 Å². The van der Waals surface area contributed by atoms with E-state index in [0.717, 1.165) is 5.56 Å². The van der Waals surface area contributed by atoms with E-state index in [9.17, 15) is 4.79 Å². The van der Waals surface area contributed by atoms with Crippen molar-refractivity contribution in [3.05, 3.63) is 53.8 Å². The lowest BCUT2D eigenvalue weighted by Crippen LogP contribution is -2.34.